The third-order valence-corrected chi connectivity index (χ3v) is 3.48. The second-order valence-corrected chi connectivity index (χ2v) is 5.20. The quantitative estimate of drug-likeness (QED) is 0.832. The van der Waals surface area contributed by atoms with Gasteiger partial charge in [-0.05, 0) is 23.9 Å². The zero-order valence-electron chi connectivity index (χ0n) is 10.0. The molecule has 1 aromatic heterocycles. The van der Waals surface area contributed by atoms with Crippen LogP contribution < -0.4 is 0 Å². The molecule has 0 fully saturated rings. The molecule has 0 aliphatic carbocycles. The molecular weight excluding hydrogens is 222 g/mol. The first-order valence-electron chi connectivity index (χ1n) is 5.55. The first-order valence-corrected chi connectivity index (χ1v) is 6.43. The number of carboxylic acids is 1. The van der Waals surface area contributed by atoms with Gasteiger partial charge in [0.05, 0.1) is 0 Å². The molecule has 0 saturated heterocycles. The summed E-state index contributed by atoms with van der Waals surface area (Å²) in [6.45, 7) is 7.40. The largest absolute Gasteiger partial charge is 0.480 e. The Morgan fingerprint density at radius 2 is 2.25 bits per heavy atom. The maximum absolute atomic E-state index is 11.2. The number of nitrogens with zero attached hydrogens (tertiary/aromatic N) is 1. The van der Waals surface area contributed by atoms with Crippen LogP contribution in [0.5, 0.6) is 0 Å². The van der Waals surface area contributed by atoms with Crippen LogP contribution in [0.1, 0.15) is 25.6 Å². The van der Waals surface area contributed by atoms with E-state index in [1.807, 2.05) is 43.2 Å². The van der Waals surface area contributed by atoms with Crippen molar-refractivity contribution >= 4 is 17.3 Å². The van der Waals surface area contributed by atoms with Gasteiger partial charge in [-0.2, -0.15) is 0 Å². The van der Waals surface area contributed by atoms with Crippen LogP contribution in [0.3, 0.4) is 0 Å². The van der Waals surface area contributed by atoms with Gasteiger partial charge < -0.3 is 5.11 Å². The average Bonchev–Trinajstić information content (AvgIpc) is 2.68. The lowest BCUT2D eigenvalue weighted by Crippen LogP contribution is -2.44. The minimum atomic E-state index is -0.728. The Morgan fingerprint density at radius 1 is 1.56 bits per heavy atom. The number of hydrogen-bond acceptors (Lipinski definition) is 3. The lowest BCUT2D eigenvalue weighted by atomic mass is 10.0. The van der Waals surface area contributed by atoms with Crippen LogP contribution in [-0.2, 0) is 11.3 Å². The van der Waals surface area contributed by atoms with Gasteiger partial charge in [0.1, 0.15) is 6.04 Å². The van der Waals surface area contributed by atoms with Gasteiger partial charge in [0.25, 0.3) is 0 Å². The van der Waals surface area contributed by atoms with Crippen LogP contribution in [-0.4, -0.2) is 28.6 Å². The molecule has 0 aliphatic rings. The Labute approximate surface area is 101 Å². The molecule has 1 aromatic rings. The molecular formula is C12H19NO2S. The lowest BCUT2D eigenvalue weighted by molar-refractivity contribution is -0.145. The molecule has 1 N–H and O–H groups in total. The van der Waals surface area contributed by atoms with Crippen molar-refractivity contribution in [1.82, 2.24) is 4.90 Å². The summed E-state index contributed by atoms with van der Waals surface area (Å²) in [6, 6.07) is 3.65. The molecule has 16 heavy (non-hydrogen) atoms. The number of carbonyl (C=O) groups is 1. The van der Waals surface area contributed by atoms with Crippen molar-refractivity contribution in [3.05, 3.63) is 22.4 Å². The van der Waals surface area contributed by atoms with Gasteiger partial charge in [0.15, 0.2) is 0 Å². The van der Waals surface area contributed by atoms with Crippen LogP contribution in [0.15, 0.2) is 17.5 Å². The highest BCUT2D eigenvalue weighted by Gasteiger charge is 2.27. The maximum Gasteiger partial charge on any atom is 0.321 e. The van der Waals surface area contributed by atoms with Crippen molar-refractivity contribution in [2.45, 2.75) is 33.4 Å². The van der Waals surface area contributed by atoms with Crippen molar-refractivity contribution < 1.29 is 9.90 Å². The van der Waals surface area contributed by atoms with E-state index in [4.69, 9.17) is 0 Å². The summed E-state index contributed by atoms with van der Waals surface area (Å²) in [5, 5.41) is 11.3. The van der Waals surface area contributed by atoms with Gasteiger partial charge >= 0.3 is 5.97 Å². The molecule has 1 unspecified atom stereocenters. The Morgan fingerprint density at radius 3 is 2.62 bits per heavy atom. The van der Waals surface area contributed by atoms with E-state index in [2.05, 4.69) is 0 Å². The van der Waals surface area contributed by atoms with Crippen molar-refractivity contribution in [1.29, 1.82) is 0 Å². The fraction of sp³-hybridized carbons (Fsp3) is 0.583. The molecule has 90 valence electrons. The highest BCUT2D eigenvalue weighted by molar-refractivity contribution is 7.09. The fourth-order valence-electron chi connectivity index (χ4n) is 1.87. The van der Waals surface area contributed by atoms with Gasteiger partial charge in [-0.15, -0.1) is 11.3 Å². The average molecular weight is 241 g/mol. The highest BCUT2D eigenvalue weighted by Crippen LogP contribution is 2.17. The van der Waals surface area contributed by atoms with Gasteiger partial charge in [-0.3, -0.25) is 9.69 Å². The molecule has 0 aliphatic heterocycles. The Bertz CT molecular complexity index is 322. The maximum atomic E-state index is 11.2. The topological polar surface area (TPSA) is 40.5 Å². The Balaban J connectivity index is 2.75. The molecule has 0 bridgehead atoms. The molecule has 0 radical (unpaired) electrons. The standard InChI is InChI=1S/C12H19NO2S/c1-4-13(8-10-6-5-7-16-10)11(9(2)3)12(14)15/h5-7,9,11H,4,8H2,1-3H3,(H,14,15). The highest BCUT2D eigenvalue weighted by atomic mass is 32.1. The minimum Gasteiger partial charge on any atom is -0.480 e. The predicted molar refractivity (Wildman–Crippen MR) is 66.7 cm³/mol. The summed E-state index contributed by atoms with van der Waals surface area (Å²) in [5.41, 5.74) is 0. The molecule has 1 atom stereocenters. The van der Waals surface area contributed by atoms with Crippen LogP contribution >= 0.6 is 11.3 Å². The van der Waals surface area contributed by atoms with Crippen molar-refractivity contribution in [2.75, 3.05) is 6.54 Å². The number of aliphatic carboxylic acids is 1. The van der Waals surface area contributed by atoms with E-state index in [9.17, 15) is 9.90 Å². The summed E-state index contributed by atoms with van der Waals surface area (Å²) < 4.78 is 0. The number of likely N-dealkylation sites (N-methyl/N-ethyl adjacent to an activating group) is 1. The van der Waals surface area contributed by atoms with E-state index in [0.717, 1.165) is 13.1 Å². The number of carboxylic acid groups (broad SMARTS) is 1. The molecule has 0 saturated carbocycles. The summed E-state index contributed by atoms with van der Waals surface area (Å²) in [4.78, 5) is 14.5. The van der Waals surface area contributed by atoms with Gasteiger partial charge in [-0.25, -0.2) is 0 Å². The number of hydrogen-bond donors (Lipinski definition) is 1. The Hall–Kier alpha value is -0.870. The van der Waals surface area contributed by atoms with E-state index in [0.29, 0.717) is 0 Å². The smallest absolute Gasteiger partial charge is 0.321 e. The van der Waals surface area contributed by atoms with Gasteiger partial charge in [0.2, 0.25) is 0 Å². The van der Waals surface area contributed by atoms with Crippen LogP contribution in [0.2, 0.25) is 0 Å². The van der Waals surface area contributed by atoms with E-state index < -0.39 is 12.0 Å². The number of rotatable bonds is 6. The van der Waals surface area contributed by atoms with Crippen LogP contribution in [0.4, 0.5) is 0 Å². The second-order valence-electron chi connectivity index (χ2n) is 4.17. The second kappa shape index (κ2) is 6.01. The fourth-order valence-corrected chi connectivity index (χ4v) is 2.60. The van der Waals surface area contributed by atoms with Crippen molar-refractivity contribution in [2.24, 2.45) is 5.92 Å². The molecule has 0 aromatic carbocycles. The van der Waals surface area contributed by atoms with E-state index in [-0.39, 0.29) is 5.92 Å². The van der Waals surface area contributed by atoms with Crippen molar-refractivity contribution in [3.63, 3.8) is 0 Å². The lowest BCUT2D eigenvalue weighted by Gasteiger charge is -2.29. The van der Waals surface area contributed by atoms with Crippen molar-refractivity contribution in [3.8, 4) is 0 Å². The first-order chi connectivity index (χ1) is 7.56. The molecule has 4 heteroatoms. The summed E-state index contributed by atoms with van der Waals surface area (Å²) in [5.74, 6) is -0.606. The SMILES string of the molecule is CCN(Cc1cccs1)C(C(=O)O)C(C)C. The first kappa shape index (κ1) is 13.2. The zero-order chi connectivity index (χ0) is 12.1. The zero-order valence-corrected chi connectivity index (χ0v) is 10.8. The summed E-state index contributed by atoms with van der Waals surface area (Å²) in [7, 11) is 0. The summed E-state index contributed by atoms with van der Waals surface area (Å²) >= 11 is 1.67. The predicted octanol–water partition coefficient (Wildman–Crippen LogP) is 2.68. The minimum absolute atomic E-state index is 0.123. The van der Waals surface area contributed by atoms with E-state index >= 15 is 0 Å². The van der Waals surface area contributed by atoms with Crippen LogP contribution in [0, 0.1) is 5.92 Å². The third-order valence-electron chi connectivity index (χ3n) is 2.62. The monoisotopic (exact) mass is 241 g/mol. The number of thiophene rings is 1. The third kappa shape index (κ3) is 3.32. The van der Waals surface area contributed by atoms with Gasteiger partial charge in [0, 0.05) is 11.4 Å². The molecule has 0 spiro atoms. The molecule has 1 rings (SSSR count). The Kier molecular flexibility index (Phi) is 4.96. The summed E-state index contributed by atoms with van der Waals surface area (Å²) in [6.07, 6.45) is 0. The van der Waals surface area contributed by atoms with Crippen LogP contribution in [0.25, 0.3) is 0 Å². The van der Waals surface area contributed by atoms with E-state index in [1.165, 1.54) is 4.88 Å². The van der Waals surface area contributed by atoms with E-state index in [1.54, 1.807) is 11.3 Å². The molecule has 3 nitrogen and oxygen atoms in total. The molecule has 0 amide bonds. The van der Waals surface area contributed by atoms with Gasteiger partial charge in [-0.1, -0.05) is 26.8 Å². The molecule has 1 heterocycles. The normalized spacial score (nSPS) is 13.3.